The Labute approximate surface area is 623 Å². The summed E-state index contributed by atoms with van der Waals surface area (Å²) < 4.78 is 163. The molecule has 14 aromatic carbocycles. The van der Waals surface area contributed by atoms with Gasteiger partial charge in [0.15, 0.2) is 11.2 Å². The summed E-state index contributed by atoms with van der Waals surface area (Å²) in [6, 6.07) is 60.5. The van der Waals surface area contributed by atoms with Crippen LogP contribution in [0.5, 0.6) is 0 Å². The number of anilines is 6. The van der Waals surface area contributed by atoms with Gasteiger partial charge in [0.2, 0.25) is 0 Å². The maximum absolute atomic E-state index is 9.80. The second-order valence-electron chi connectivity index (χ2n) is 30.5. The summed E-state index contributed by atoms with van der Waals surface area (Å²) in [6.45, 7) is 19.1. The normalized spacial score (nSPS) is 15.4. The molecule has 2 aliphatic heterocycles. The number of rotatable bonds is 7. The molecule has 103 heavy (non-hydrogen) atoms. The van der Waals surface area contributed by atoms with Gasteiger partial charge in [-0.25, -0.2) is 0 Å². The first-order valence-electron chi connectivity index (χ1n) is 43.0. The molecule has 4 aromatic heterocycles. The fraction of sp³-hybridized carbons (Fsp3) is 0.125. The van der Waals surface area contributed by atoms with Gasteiger partial charge in [0.1, 0.15) is 0 Å². The van der Waals surface area contributed by atoms with Gasteiger partial charge in [-0.15, -0.1) is 0 Å². The van der Waals surface area contributed by atoms with Crippen LogP contribution in [-0.4, -0.2) is 20.4 Å². The molecule has 0 amide bonds. The van der Waals surface area contributed by atoms with Gasteiger partial charge in [-0.05, 0) is 187 Å². The van der Waals surface area contributed by atoms with Crippen molar-refractivity contribution in [2.75, 3.05) is 9.80 Å². The number of furan rings is 1. The van der Waals surface area contributed by atoms with Crippen molar-refractivity contribution in [3.05, 3.63) is 314 Å². The van der Waals surface area contributed by atoms with Crippen LogP contribution in [0.1, 0.15) is 101 Å². The Morgan fingerprint density at radius 2 is 0.699 bits per heavy atom. The average Bonchev–Trinajstić information content (AvgIpc) is 1.65. The Bertz CT molecular complexity index is 7310. The van der Waals surface area contributed by atoms with Crippen molar-refractivity contribution < 1.29 is 26.3 Å². The highest BCUT2D eigenvalue weighted by Gasteiger charge is 2.45. The average molecular weight is 1340 g/mol. The molecular formula is C96H76BN5O. The largest absolute Gasteiger partial charge is 0.452 e. The van der Waals surface area contributed by atoms with Crippen LogP contribution in [0.4, 0.5) is 34.1 Å². The third-order valence-corrected chi connectivity index (χ3v) is 21.3. The molecule has 0 fully saturated rings. The van der Waals surface area contributed by atoms with Crippen LogP contribution < -0.4 is 26.2 Å². The molecule has 494 valence electrons. The number of nitrogens with zero attached hydrogens (tertiary/aromatic N) is 5. The third kappa shape index (κ3) is 9.27. The van der Waals surface area contributed by atoms with Crippen molar-refractivity contribution in [1.82, 2.24) is 13.7 Å². The van der Waals surface area contributed by atoms with Crippen molar-refractivity contribution in [3.63, 3.8) is 0 Å². The topological polar surface area (TPSA) is 34.4 Å². The van der Waals surface area contributed by atoms with Gasteiger partial charge in [0, 0.05) is 82.9 Å². The molecule has 0 unspecified atom stereocenters. The number of hydrogen-bond acceptors (Lipinski definition) is 3. The van der Waals surface area contributed by atoms with Crippen molar-refractivity contribution >= 4 is 145 Å². The molecule has 0 saturated carbocycles. The van der Waals surface area contributed by atoms with Crippen molar-refractivity contribution in [1.29, 1.82) is 0 Å². The predicted molar refractivity (Wildman–Crippen MR) is 438 cm³/mol. The zero-order valence-electron chi connectivity index (χ0n) is 74.3. The van der Waals surface area contributed by atoms with E-state index in [9.17, 15) is 16.4 Å². The van der Waals surface area contributed by atoms with E-state index in [4.69, 9.17) is 9.90 Å². The first-order valence-corrected chi connectivity index (χ1v) is 35.0. The van der Waals surface area contributed by atoms with Crippen molar-refractivity contribution in [2.45, 2.75) is 78.6 Å². The predicted octanol–water partition coefficient (Wildman–Crippen LogP) is 24.2. The lowest BCUT2D eigenvalue weighted by molar-refractivity contribution is 0.590. The number of aromatic nitrogens is 3. The van der Waals surface area contributed by atoms with Gasteiger partial charge in [0.25, 0.3) is 6.71 Å². The maximum Gasteiger partial charge on any atom is 0.252 e. The summed E-state index contributed by atoms with van der Waals surface area (Å²) >= 11 is 0. The Balaban J connectivity index is 0.937. The number of para-hydroxylation sites is 6. The molecule has 2 aliphatic rings. The quantitative estimate of drug-likeness (QED) is 0.149. The van der Waals surface area contributed by atoms with Crippen LogP contribution in [0, 0.1) is 0 Å². The van der Waals surface area contributed by atoms with Crippen LogP contribution in [0.2, 0.25) is 0 Å². The molecule has 0 atom stereocenters. The van der Waals surface area contributed by atoms with Crippen molar-refractivity contribution in [3.8, 4) is 39.3 Å². The summed E-state index contributed by atoms with van der Waals surface area (Å²) in [5.74, 6) is 0. The van der Waals surface area contributed by atoms with E-state index in [-0.39, 0.29) is 54.4 Å². The SMILES string of the molecule is [2H]c1c([2H])c([2H])c2c(c1[2H])c1c([2H])c([2H])c([2H])c([2H])c1n2-c1ccc2c(c1)N(c1cc(-c3ccccc3)cc(-c3ccccc3)c1)c1cc(C(C)(C)C)cc3c1B2c1ccc(-n2c4c([2H])c([2H])c([2H])c([2H])c4c4c([2H])c([2H])c([2H])c([2H])c42)cc1N3c1cccc2c1oc1c(-n3c4ccc(C(C)(C)C)cc4c4cc(C(C)(C)C)ccc43)cccc12. The van der Waals surface area contributed by atoms with E-state index >= 15 is 0 Å². The van der Waals surface area contributed by atoms with E-state index in [1.54, 1.807) is 9.13 Å². The van der Waals surface area contributed by atoms with Crippen LogP contribution in [0.15, 0.2) is 301 Å². The Morgan fingerprint density at radius 3 is 1.16 bits per heavy atom. The summed E-state index contributed by atoms with van der Waals surface area (Å²) in [5, 5.41) is 3.55. The first-order chi connectivity index (χ1) is 56.6. The van der Waals surface area contributed by atoms with Gasteiger partial charge in [-0.3, -0.25) is 0 Å². The molecule has 20 rings (SSSR count). The lowest BCUT2D eigenvalue weighted by Crippen LogP contribution is -2.61. The third-order valence-electron chi connectivity index (χ3n) is 21.3. The second kappa shape index (κ2) is 22.2. The molecule has 7 heteroatoms. The molecule has 6 heterocycles. The van der Waals surface area contributed by atoms with E-state index in [1.807, 2.05) is 84.9 Å². The van der Waals surface area contributed by atoms with E-state index < -0.39 is 109 Å². The maximum atomic E-state index is 9.80. The summed E-state index contributed by atoms with van der Waals surface area (Å²) in [5.41, 5.74) is 16.6. The van der Waals surface area contributed by atoms with Crippen LogP contribution >= 0.6 is 0 Å². The molecule has 0 N–H and O–H groups in total. The van der Waals surface area contributed by atoms with Gasteiger partial charge < -0.3 is 27.9 Å². The molecule has 0 saturated heterocycles. The first kappa shape index (κ1) is 46.4. The Hall–Kier alpha value is -12.1. The minimum atomic E-state index is -0.740. The van der Waals surface area contributed by atoms with Crippen LogP contribution in [0.3, 0.4) is 0 Å². The molecule has 0 spiro atoms. The summed E-state index contributed by atoms with van der Waals surface area (Å²) in [6.07, 6.45) is 0. The molecule has 18 aromatic rings. The highest BCUT2D eigenvalue weighted by Crippen LogP contribution is 2.52. The standard InChI is InChI=1S/C96H76BN5O/c1-94(2,3)63-42-48-83-75(53-63)76-54-64(95(4,5)6)43-49-84(76)101(83)85-40-24-34-73-74-35-25-41-86(93(74)103-92(73)85)102-88-58-67(99-81-38-22-18-32-71(81)72-33-19-23-39-82(72)99)45-47-78(88)97-77-46-44-66(98-79-36-20-16-30-69(79)70-31-17-21-37-80(70)98)57-87(77)100(89-55-65(96(7,8)9)56-90(102)91(89)97)68-51-61(59-26-12-10-13-27-59)50-62(52-68)60-28-14-11-15-29-60/h10-58H,1-9H3/i16D,17D,18D,19D,20D,21D,22D,23D,30D,31D,32D,33D,36D,37D,38D,39D. The van der Waals surface area contributed by atoms with E-state index in [1.165, 1.54) is 11.1 Å². The van der Waals surface area contributed by atoms with E-state index in [0.717, 1.165) is 93.8 Å². The Kier molecular flexibility index (Phi) is 10.0. The Morgan fingerprint density at radius 1 is 0.282 bits per heavy atom. The van der Waals surface area contributed by atoms with Gasteiger partial charge in [-0.1, -0.05) is 244 Å². The molecular weight excluding hydrogens is 1250 g/mol. The zero-order valence-corrected chi connectivity index (χ0v) is 58.3. The van der Waals surface area contributed by atoms with E-state index in [2.05, 4.69) is 192 Å². The highest BCUT2D eigenvalue weighted by atomic mass is 16.3. The van der Waals surface area contributed by atoms with Gasteiger partial charge in [-0.2, -0.15) is 0 Å². The van der Waals surface area contributed by atoms with Crippen molar-refractivity contribution in [2.24, 2.45) is 0 Å². The second-order valence-corrected chi connectivity index (χ2v) is 30.5. The minimum absolute atomic E-state index is 0.0484. The smallest absolute Gasteiger partial charge is 0.252 e. The monoisotopic (exact) mass is 1340 g/mol. The van der Waals surface area contributed by atoms with Crippen LogP contribution in [-0.2, 0) is 16.2 Å². The lowest BCUT2D eigenvalue weighted by Gasteiger charge is -2.45. The highest BCUT2D eigenvalue weighted by molar-refractivity contribution is 7.00. The lowest BCUT2D eigenvalue weighted by atomic mass is 9.33. The van der Waals surface area contributed by atoms with Crippen LogP contribution in [0.25, 0.3) is 127 Å². The number of benzene rings is 14. The number of hydrogen-bond donors (Lipinski definition) is 0. The number of fused-ring (bicyclic) bond motifs is 16. The molecule has 0 aliphatic carbocycles. The fourth-order valence-electron chi connectivity index (χ4n) is 16.3. The summed E-state index contributed by atoms with van der Waals surface area (Å²) in [7, 11) is 0. The molecule has 0 bridgehead atoms. The fourth-order valence-corrected chi connectivity index (χ4v) is 16.3. The van der Waals surface area contributed by atoms with E-state index in [0.29, 0.717) is 45.3 Å². The molecule has 6 nitrogen and oxygen atoms in total. The van der Waals surface area contributed by atoms with Gasteiger partial charge >= 0.3 is 0 Å². The van der Waals surface area contributed by atoms with Gasteiger partial charge in [0.05, 0.1) is 66.4 Å². The zero-order chi connectivity index (χ0) is 83.5. The molecule has 0 radical (unpaired) electrons. The minimum Gasteiger partial charge on any atom is -0.452 e. The summed E-state index contributed by atoms with van der Waals surface area (Å²) in [4.78, 5) is 4.45.